The van der Waals surface area contributed by atoms with Crippen molar-refractivity contribution in [1.29, 1.82) is 0 Å². The van der Waals surface area contributed by atoms with Gasteiger partial charge in [-0.15, -0.1) is 0 Å². The number of methoxy groups -OCH3 is 1. The quantitative estimate of drug-likeness (QED) is 0.797. The normalized spacial score (nSPS) is 31.4. The van der Waals surface area contributed by atoms with E-state index in [-0.39, 0.29) is 5.91 Å². The number of amides is 1. The highest BCUT2D eigenvalue weighted by Crippen LogP contribution is 2.44. The summed E-state index contributed by atoms with van der Waals surface area (Å²) < 4.78 is 19.6. The molecule has 3 aliphatic rings. The Morgan fingerprint density at radius 2 is 1.95 bits per heavy atom. The molecule has 3 fully saturated rings. The maximum Gasteiger partial charge on any atom is 0.260 e. The van der Waals surface area contributed by atoms with Crippen LogP contribution in [0.1, 0.15) is 38.5 Å². The topological polar surface area (TPSA) is 32.8 Å². The number of hydrogen-bond acceptors (Lipinski definition) is 3. The molecule has 5 heteroatoms. The first kappa shape index (κ1) is 15.2. The SMILES string of the molecule is COC[C@H]1CC2(CCN(C(=O)C3(F)CCC3)CC2)CN1C. The smallest absolute Gasteiger partial charge is 0.260 e. The highest BCUT2D eigenvalue weighted by Gasteiger charge is 2.50. The van der Waals surface area contributed by atoms with Crippen LogP contribution >= 0.6 is 0 Å². The number of piperidine rings is 1. The number of hydrogen-bond donors (Lipinski definition) is 0. The molecule has 0 bridgehead atoms. The van der Waals surface area contributed by atoms with Crippen molar-refractivity contribution in [3.8, 4) is 0 Å². The largest absolute Gasteiger partial charge is 0.383 e. The molecule has 21 heavy (non-hydrogen) atoms. The summed E-state index contributed by atoms with van der Waals surface area (Å²) in [4.78, 5) is 16.4. The monoisotopic (exact) mass is 298 g/mol. The molecular formula is C16H27FN2O2. The van der Waals surface area contributed by atoms with Crippen molar-refractivity contribution in [2.45, 2.75) is 50.2 Å². The van der Waals surface area contributed by atoms with E-state index in [1.807, 2.05) is 0 Å². The van der Waals surface area contributed by atoms with Gasteiger partial charge in [0.1, 0.15) is 0 Å². The number of likely N-dealkylation sites (tertiary alicyclic amines) is 2. The minimum Gasteiger partial charge on any atom is -0.383 e. The van der Waals surface area contributed by atoms with E-state index < -0.39 is 5.67 Å². The highest BCUT2D eigenvalue weighted by molar-refractivity contribution is 5.86. The van der Waals surface area contributed by atoms with E-state index in [0.29, 0.717) is 24.3 Å². The van der Waals surface area contributed by atoms with E-state index in [1.54, 1.807) is 12.0 Å². The van der Waals surface area contributed by atoms with Crippen molar-refractivity contribution in [2.75, 3.05) is 40.4 Å². The first-order valence-corrected chi connectivity index (χ1v) is 8.16. The number of rotatable bonds is 3. The fourth-order valence-electron chi connectivity index (χ4n) is 4.29. The Kier molecular flexibility index (Phi) is 3.99. The molecule has 1 amide bonds. The molecule has 0 aromatic carbocycles. The number of ether oxygens (including phenoxy) is 1. The summed E-state index contributed by atoms with van der Waals surface area (Å²) in [6.07, 6.45) is 4.83. The van der Waals surface area contributed by atoms with Crippen molar-refractivity contribution < 1.29 is 13.9 Å². The maximum atomic E-state index is 14.3. The lowest BCUT2D eigenvalue weighted by atomic mass is 9.75. The molecule has 1 spiro atoms. The van der Waals surface area contributed by atoms with Gasteiger partial charge in [-0.3, -0.25) is 4.79 Å². The summed E-state index contributed by atoms with van der Waals surface area (Å²) in [6, 6.07) is 0.483. The Hall–Kier alpha value is -0.680. The van der Waals surface area contributed by atoms with Crippen molar-refractivity contribution in [2.24, 2.45) is 5.41 Å². The molecule has 3 rings (SSSR count). The van der Waals surface area contributed by atoms with Gasteiger partial charge in [-0.1, -0.05) is 0 Å². The number of nitrogens with zero attached hydrogens (tertiary/aromatic N) is 2. The second-order valence-electron chi connectivity index (χ2n) is 7.34. The predicted octanol–water partition coefficient (Wildman–Crippen LogP) is 1.84. The first-order valence-electron chi connectivity index (χ1n) is 8.16. The average Bonchev–Trinajstić information content (AvgIpc) is 2.73. The Labute approximate surface area is 126 Å². The van der Waals surface area contributed by atoms with E-state index in [0.717, 1.165) is 51.9 Å². The van der Waals surface area contributed by atoms with Gasteiger partial charge in [0, 0.05) is 32.8 Å². The fraction of sp³-hybridized carbons (Fsp3) is 0.938. The third-order valence-corrected chi connectivity index (χ3v) is 5.88. The molecule has 4 nitrogen and oxygen atoms in total. The van der Waals surface area contributed by atoms with Crippen molar-refractivity contribution >= 4 is 5.91 Å². The number of alkyl halides is 1. The standard InChI is InChI=1S/C16H27FN2O2/c1-18-12-15(10-13(18)11-21-2)6-8-19(9-7-15)14(20)16(17)4-3-5-16/h13H,3-12H2,1-2H3/t13-/m1/s1. The van der Waals surface area contributed by atoms with Gasteiger partial charge in [0.25, 0.3) is 5.91 Å². The first-order chi connectivity index (χ1) is 9.98. The number of carbonyl (C=O) groups is 1. The fourth-order valence-corrected chi connectivity index (χ4v) is 4.29. The summed E-state index contributed by atoms with van der Waals surface area (Å²) in [6.45, 7) is 3.29. The van der Waals surface area contributed by atoms with Crippen LogP contribution in [-0.4, -0.2) is 67.8 Å². The predicted molar refractivity (Wildman–Crippen MR) is 78.8 cm³/mol. The minimum atomic E-state index is -1.53. The Morgan fingerprint density at radius 1 is 1.29 bits per heavy atom. The van der Waals surface area contributed by atoms with E-state index in [1.165, 1.54) is 0 Å². The molecule has 1 atom stereocenters. The van der Waals surface area contributed by atoms with Gasteiger partial charge in [0.05, 0.1) is 6.61 Å². The van der Waals surface area contributed by atoms with Crippen LogP contribution in [-0.2, 0) is 9.53 Å². The molecule has 0 radical (unpaired) electrons. The van der Waals surface area contributed by atoms with E-state index in [9.17, 15) is 9.18 Å². The average molecular weight is 298 g/mol. The van der Waals surface area contributed by atoms with Crippen LogP contribution in [0.15, 0.2) is 0 Å². The van der Waals surface area contributed by atoms with Gasteiger partial charge in [-0.25, -0.2) is 4.39 Å². The van der Waals surface area contributed by atoms with Gasteiger partial charge in [0.15, 0.2) is 5.67 Å². The lowest BCUT2D eigenvalue weighted by Gasteiger charge is -2.43. The summed E-state index contributed by atoms with van der Waals surface area (Å²) in [5.41, 5.74) is -1.23. The number of halogens is 1. The zero-order valence-electron chi connectivity index (χ0n) is 13.2. The Morgan fingerprint density at radius 3 is 2.48 bits per heavy atom. The van der Waals surface area contributed by atoms with Crippen molar-refractivity contribution in [3.05, 3.63) is 0 Å². The Bertz CT molecular complexity index is 403. The molecule has 2 saturated heterocycles. The lowest BCUT2D eigenvalue weighted by molar-refractivity contribution is -0.152. The van der Waals surface area contributed by atoms with Crippen LogP contribution < -0.4 is 0 Å². The molecule has 0 aromatic heterocycles. The molecule has 0 N–H and O–H groups in total. The van der Waals surface area contributed by atoms with Crippen LogP contribution in [0.3, 0.4) is 0 Å². The van der Waals surface area contributed by atoms with E-state index in [2.05, 4.69) is 11.9 Å². The van der Waals surface area contributed by atoms with Gasteiger partial charge in [-0.2, -0.15) is 0 Å². The summed E-state index contributed by atoms with van der Waals surface area (Å²) in [5, 5.41) is 0. The third kappa shape index (κ3) is 2.70. The molecule has 0 unspecified atom stereocenters. The zero-order valence-corrected chi connectivity index (χ0v) is 13.2. The molecular weight excluding hydrogens is 271 g/mol. The molecule has 2 heterocycles. The van der Waals surface area contributed by atoms with Crippen LogP contribution in [0.4, 0.5) is 4.39 Å². The van der Waals surface area contributed by atoms with Gasteiger partial charge >= 0.3 is 0 Å². The van der Waals surface area contributed by atoms with Crippen molar-refractivity contribution in [3.63, 3.8) is 0 Å². The van der Waals surface area contributed by atoms with Crippen LogP contribution in [0, 0.1) is 5.41 Å². The number of carbonyl (C=O) groups excluding carboxylic acids is 1. The zero-order chi connectivity index (χ0) is 15.1. The lowest BCUT2D eigenvalue weighted by Crippen LogP contribution is -2.54. The molecule has 1 aliphatic carbocycles. The van der Waals surface area contributed by atoms with Gasteiger partial charge in [-0.05, 0) is 51.0 Å². The minimum absolute atomic E-state index is 0.247. The summed E-state index contributed by atoms with van der Waals surface area (Å²) in [7, 11) is 3.90. The van der Waals surface area contributed by atoms with E-state index in [4.69, 9.17) is 4.74 Å². The molecule has 2 aliphatic heterocycles. The second-order valence-corrected chi connectivity index (χ2v) is 7.34. The molecule has 0 aromatic rings. The Balaban J connectivity index is 1.57. The molecule has 1 saturated carbocycles. The summed E-state index contributed by atoms with van der Waals surface area (Å²) in [5.74, 6) is -0.247. The number of likely N-dealkylation sites (N-methyl/N-ethyl adjacent to an activating group) is 1. The van der Waals surface area contributed by atoms with Gasteiger partial charge in [0.2, 0.25) is 0 Å². The molecule has 120 valence electrons. The highest BCUT2D eigenvalue weighted by atomic mass is 19.1. The van der Waals surface area contributed by atoms with E-state index >= 15 is 0 Å². The van der Waals surface area contributed by atoms with Crippen LogP contribution in [0.2, 0.25) is 0 Å². The van der Waals surface area contributed by atoms with Crippen LogP contribution in [0.25, 0.3) is 0 Å². The summed E-state index contributed by atoms with van der Waals surface area (Å²) >= 11 is 0. The van der Waals surface area contributed by atoms with Crippen molar-refractivity contribution in [1.82, 2.24) is 9.80 Å². The third-order valence-electron chi connectivity index (χ3n) is 5.88. The maximum absolute atomic E-state index is 14.3. The van der Waals surface area contributed by atoms with Crippen LogP contribution in [0.5, 0.6) is 0 Å². The second kappa shape index (κ2) is 5.51. The van der Waals surface area contributed by atoms with Gasteiger partial charge < -0.3 is 14.5 Å².